The predicted octanol–water partition coefficient (Wildman–Crippen LogP) is 7.53. The highest BCUT2D eigenvalue weighted by molar-refractivity contribution is 6.12. The van der Waals surface area contributed by atoms with Gasteiger partial charge in [-0.25, -0.2) is 0 Å². The summed E-state index contributed by atoms with van der Waals surface area (Å²) in [6, 6.07) is 37.3. The molecular weight excluding hydrogens is 767 g/mol. The van der Waals surface area contributed by atoms with Crippen LogP contribution >= 0.6 is 0 Å². The third kappa shape index (κ3) is 7.22. The lowest BCUT2D eigenvalue weighted by Gasteiger charge is -2.46. The zero-order valence-corrected chi connectivity index (χ0v) is 34.2. The van der Waals surface area contributed by atoms with E-state index in [1.165, 1.54) is 0 Å². The highest BCUT2D eigenvalue weighted by atomic mass is 16.6. The summed E-state index contributed by atoms with van der Waals surface area (Å²) in [5.74, 6) is 5.32. The normalized spacial score (nSPS) is 24.6. The average Bonchev–Trinajstić information content (AvgIpc) is 3.76. The minimum Gasteiger partial charge on any atom is -0.497 e. The van der Waals surface area contributed by atoms with Gasteiger partial charge in [0, 0.05) is 35.5 Å². The molecular formula is C51H49N3O7. The first kappa shape index (κ1) is 40.0. The maximum absolute atomic E-state index is 15.9. The van der Waals surface area contributed by atoms with Gasteiger partial charge in [0.25, 0.3) is 0 Å². The summed E-state index contributed by atoms with van der Waals surface area (Å²) in [4.78, 5) is 50.8. The van der Waals surface area contributed by atoms with Gasteiger partial charge < -0.3 is 29.5 Å². The van der Waals surface area contributed by atoms with E-state index in [9.17, 15) is 5.11 Å². The molecule has 6 unspecified atom stereocenters. The second-order valence-corrected chi connectivity index (χ2v) is 16.2. The molecule has 3 saturated heterocycles. The van der Waals surface area contributed by atoms with Crippen molar-refractivity contribution in [1.82, 2.24) is 9.80 Å². The van der Waals surface area contributed by atoms with Crippen LogP contribution < -0.4 is 14.8 Å². The Morgan fingerprint density at radius 2 is 1.43 bits per heavy atom. The van der Waals surface area contributed by atoms with Crippen molar-refractivity contribution in [2.45, 2.75) is 61.7 Å². The van der Waals surface area contributed by atoms with Crippen LogP contribution in [0.5, 0.6) is 11.5 Å². The number of nitrogens with one attached hydrogen (secondary N) is 1. The van der Waals surface area contributed by atoms with Crippen molar-refractivity contribution in [3.05, 3.63) is 161 Å². The third-order valence-corrected chi connectivity index (χ3v) is 12.7. The number of hydrogen-bond donors (Lipinski definition) is 2. The Balaban J connectivity index is 1.33. The maximum atomic E-state index is 15.9. The van der Waals surface area contributed by atoms with Crippen molar-refractivity contribution in [2.75, 3.05) is 38.7 Å². The number of anilines is 1. The van der Waals surface area contributed by atoms with Gasteiger partial charge in [-0.15, -0.1) is 0 Å². The van der Waals surface area contributed by atoms with Gasteiger partial charge in [0.1, 0.15) is 35.7 Å². The fourth-order valence-electron chi connectivity index (χ4n) is 10.1. The number of esters is 1. The van der Waals surface area contributed by atoms with Gasteiger partial charge in [0.05, 0.1) is 31.7 Å². The van der Waals surface area contributed by atoms with E-state index in [1.54, 1.807) is 7.11 Å². The van der Waals surface area contributed by atoms with Crippen LogP contribution in [0.3, 0.4) is 0 Å². The topological polar surface area (TPSA) is 118 Å². The van der Waals surface area contributed by atoms with Crippen LogP contribution in [-0.2, 0) is 24.5 Å². The van der Waals surface area contributed by atoms with E-state index in [-0.39, 0.29) is 25.0 Å². The summed E-state index contributed by atoms with van der Waals surface area (Å²) in [7, 11) is 1.62. The Morgan fingerprint density at radius 1 is 0.787 bits per heavy atom. The first-order chi connectivity index (χ1) is 29.9. The van der Waals surface area contributed by atoms with Crippen LogP contribution in [0.25, 0.3) is 0 Å². The van der Waals surface area contributed by atoms with Gasteiger partial charge in [-0.3, -0.25) is 19.3 Å². The third-order valence-electron chi connectivity index (χ3n) is 12.7. The molecule has 4 aliphatic rings. The number of hydrogen-bond acceptors (Lipinski definition) is 8. The van der Waals surface area contributed by atoms with Gasteiger partial charge in [-0.1, -0.05) is 110 Å². The molecule has 0 bridgehead atoms. The number of ether oxygens (including phenoxy) is 3. The fraction of sp³-hybridized carbons (Fsp3) is 0.314. The first-order valence-corrected chi connectivity index (χ1v) is 21.2. The minimum atomic E-state index is -1.67. The number of para-hydroxylation sites is 1. The molecule has 310 valence electrons. The van der Waals surface area contributed by atoms with Crippen molar-refractivity contribution in [1.29, 1.82) is 0 Å². The summed E-state index contributed by atoms with van der Waals surface area (Å²) in [6.07, 6.45) is 3.93. The molecule has 9 rings (SSSR count). The van der Waals surface area contributed by atoms with E-state index in [0.29, 0.717) is 41.2 Å². The lowest BCUT2D eigenvalue weighted by Crippen LogP contribution is -2.55. The highest BCUT2D eigenvalue weighted by Gasteiger charge is 2.74. The number of carbonyl (C=O) groups excluding carboxylic acids is 3. The number of benzene rings is 5. The standard InChI is InChI=1S/C51H49N3O7/c1-59-38-26-23-34(24-27-38)21-22-35-25-28-41-40(33-35)51(50(58)52-41)43(48(56)53-29-13-3-2-4-14-30-53)45-49(57)61-46(37-17-9-6-10-18-37)44(36-15-7-5-8-16-36)54(45)47(51)39-19-11-12-20-42(39)60-32-31-55/h5-12,15-20,23-28,33,43-47,55H,2-4,13-14,29-32H2,1H3,(H,52,58). The number of carbonyl (C=O) groups is 3. The number of likely N-dealkylation sites (tertiary alicyclic amines) is 1. The largest absolute Gasteiger partial charge is 0.497 e. The molecule has 3 fully saturated rings. The Hall–Kier alpha value is -6.41. The zero-order valence-electron chi connectivity index (χ0n) is 34.2. The number of fused-ring (bicyclic) bond motifs is 3. The molecule has 4 aliphatic heterocycles. The highest BCUT2D eigenvalue weighted by Crippen LogP contribution is 2.66. The van der Waals surface area contributed by atoms with E-state index < -0.39 is 41.5 Å². The van der Waals surface area contributed by atoms with Crippen LogP contribution in [0.4, 0.5) is 5.69 Å². The van der Waals surface area contributed by atoms with Gasteiger partial charge in [0.2, 0.25) is 11.8 Å². The number of aliphatic hydroxyl groups is 1. The fourth-order valence-corrected chi connectivity index (χ4v) is 10.1. The molecule has 0 aliphatic carbocycles. The molecule has 2 N–H and O–H groups in total. The van der Waals surface area contributed by atoms with E-state index in [0.717, 1.165) is 54.5 Å². The lowest BCUT2D eigenvalue weighted by molar-refractivity contribution is -0.179. The monoisotopic (exact) mass is 815 g/mol. The van der Waals surface area contributed by atoms with Crippen LogP contribution in [0.1, 0.15) is 83.7 Å². The Kier molecular flexibility index (Phi) is 11.3. The van der Waals surface area contributed by atoms with Crippen molar-refractivity contribution in [3.63, 3.8) is 0 Å². The molecule has 10 heteroatoms. The second-order valence-electron chi connectivity index (χ2n) is 16.2. The summed E-state index contributed by atoms with van der Waals surface area (Å²) < 4.78 is 18.3. The SMILES string of the molecule is COc1ccc(C#Cc2ccc3c(c2)C2(C(=O)N3)C(C(=O)N3CCCCCCC3)C3C(=O)OC(c4ccccc4)C(c4ccccc4)N3C2c2ccccc2OCCO)cc1. The van der Waals surface area contributed by atoms with Gasteiger partial charge >= 0.3 is 5.97 Å². The van der Waals surface area contributed by atoms with E-state index in [1.807, 2.05) is 132 Å². The number of morpholine rings is 1. The van der Waals surface area contributed by atoms with E-state index in [2.05, 4.69) is 22.1 Å². The van der Waals surface area contributed by atoms with Gasteiger partial charge in [0.15, 0.2) is 0 Å². The first-order valence-electron chi connectivity index (χ1n) is 21.2. The minimum absolute atomic E-state index is 0.000968. The number of aliphatic hydroxyl groups excluding tert-OH is 1. The summed E-state index contributed by atoms with van der Waals surface area (Å²) in [5, 5.41) is 13.2. The molecule has 5 aromatic carbocycles. The van der Waals surface area contributed by atoms with E-state index >= 15 is 14.4 Å². The van der Waals surface area contributed by atoms with Gasteiger partial charge in [-0.2, -0.15) is 0 Å². The molecule has 4 heterocycles. The number of cyclic esters (lactones) is 1. The number of amides is 2. The summed E-state index contributed by atoms with van der Waals surface area (Å²) in [5.41, 5.74) is 3.14. The number of nitrogens with zero attached hydrogens (tertiary/aromatic N) is 2. The zero-order chi connectivity index (χ0) is 41.9. The average molecular weight is 816 g/mol. The van der Waals surface area contributed by atoms with Gasteiger partial charge in [-0.05, 0) is 78.1 Å². The second kappa shape index (κ2) is 17.3. The maximum Gasteiger partial charge on any atom is 0.324 e. The Labute approximate surface area is 356 Å². The Bertz CT molecular complexity index is 2460. The number of methoxy groups -OCH3 is 1. The van der Waals surface area contributed by atoms with Crippen molar-refractivity contribution < 1.29 is 33.7 Å². The van der Waals surface area contributed by atoms with Crippen molar-refractivity contribution in [2.24, 2.45) is 5.92 Å². The molecule has 0 saturated carbocycles. The van der Waals surface area contributed by atoms with Crippen LogP contribution in [0.2, 0.25) is 0 Å². The predicted molar refractivity (Wildman–Crippen MR) is 231 cm³/mol. The number of rotatable bonds is 8. The smallest absolute Gasteiger partial charge is 0.324 e. The quantitative estimate of drug-likeness (QED) is 0.122. The Morgan fingerprint density at radius 3 is 2.13 bits per heavy atom. The summed E-state index contributed by atoms with van der Waals surface area (Å²) in [6.45, 7) is 0.803. The molecule has 61 heavy (non-hydrogen) atoms. The molecule has 10 nitrogen and oxygen atoms in total. The molecule has 0 aromatic heterocycles. The van der Waals surface area contributed by atoms with Crippen molar-refractivity contribution >= 4 is 23.5 Å². The van der Waals surface area contributed by atoms with Crippen LogP contribution in [-0.4, -0.2) is 72.1 Å². The van der Waals surface area contributed by atoms with Crippen LogP contribution in [0, 0.1) is 17.8 Å². The molecule has 6 atom stereocenters. The van der Waals surface area contributed by atoms with E-state index in [4.69, 9.17) is 14.2 Å². The van der Waals surface area contributed by atoms with Crippen molar-refractivity contribution in [3.8, 4) is 23.3 Å². The summed E-state index contributed by atoms with van der Waals surface area (Å²) >= 11 is 0. The van der Waals surface area contributed by atoms with Crippen LogP contribution in [0.15, 0.2) is 127 Å². The molecule has 1 spiro atoms. The lowest BCUT2D eigenvalue weighted by atomic mass is 9.64. The molecule has 0 radical (unpaired) electrons. The molecule has 2 amide bonds. The molecule has 5 aromatic rings.